The second kappa shape index (κ2) is 19.0. The summed E-state index contributed by atoms with van der Waals surface area (Å²) in [6.45, 7) is 8.41. The van der Waals surface area contributed by atoms with E-state index in [4.69, 9.17) is 9.47 Å². The predicted octanol–water partition coefficient (Wildman–Crippen LogP) is 11.0. The molecule has 0 unspecified atom stereocenters. The van der Waals surface area contributed by atoms with Crippen LogP contribution in [0.1, 0.15) is 195 Å². The first-order valence-corrected chi connectivity index (χ1v) is 20.8. The Morgan fingerprint density at radius 3 is 1.88 bits per heavy atom. The van der Waals surface area contributed by atoms with Crippen LogP contribution in [0.5, 0.6) is 0 Å². The molecule has 0 saturated heterocycles. The van der Waals surface area contributed by atoms with Gasteiger partial charge in [0.25, 0.3) is 0 Å². The topological polar surface area (TPSA) is 86.7 Å². The molecule has 0 aromatic heterocycles. The van der Waals surface area contributed by atoms with Gasteiger partial charge in [0.2, 0.25) is 5.78 Å². The summed E-state index contributed by atoms with van der Waals surface area (Å²) in [6.07, 6.45) is 28.8. The van der Waals surface area contributed by atoms with Crippen molar-refractivity contribution in [3.8, 4) is 0 Å². The van der Waals surface area contributed by atoms with Crippen molar-refractivity contribution in [3.05, 3.63) is 11.6 Å². The molecule has 3 saturated carbocycles. The summed E-state index contributed by atoms with van der Waals surface area (Å²) in [7, 11) is 0. The number of esters is 2. The Kier molecular flexibility index (Phi) is 15.5. The van der Waals surface area contributed by atoms with Crippen LogP contribution in [0.2, 0.25) is 0 Å². The number of fused-ring (bicyclic) bond motifs is 5. The van der Waals surface area contributed by atoms with Crippen LogP contribution in [0.3, 0.4) is 0 Å². The van der Waals surface area contributed by atoms with E-state index in [2.05, 4.69) is 20.8 Å². The number of hydrogen-bond acceptors (Lipinski definition) is 6. The van der Waals surface area contributed by atoms with E-state index in [1.165, 1.54) is 82.6 Å². The lowest BCUT2D eigenvalue weighted by Gasteiger charge is -2.59. The van der Waals surface area contributed by atoms with Crippen LogP contribution in [0.15, 0.2) is 11.6 Å². The predicted molar refractivity (Wildman–Crippen MR) is 196 cm³/mol. The quantitative estimate of drug-likeness (QED) is 0.0834. The summed E-state index contributed by atoms with van der Waals surface area (Å²) >= 11 is 0. The smallest absolute Gasteiger partial charge is 0.306 e. The van der Waals surface area contributed by atoms with Crippen molar-refractivity contribution < 1.29 is 28.7 Å². The maximum atomic E-state index is 14.2. The lowest BCUT2D eigenvalue weighted by molar-refractivity contribution is -0.192. The molecule has 4 aliphatic carbocycles. The molecule has 0 aromatic rings. The highest BCUT2D eigenvalue weighted by Gasteiger charge is 2.68. The zero-order valence-corrected chi connectivity index (χ0v) is 31.9. The van der Waals surface area contributed by atoms with Crippen LogP contribution in [0.25, 0.3) is 0 Å². The summed E-state index contributed by atoms with van der Waals surface area (Å²) in [5, 5.41) is 0. The van der Waals surface area contributed by atoms with E-state index in [0.717, 1.165) is 57.8 Å². The fourth-order valence-corrected chi connectivity index (χ4v) is 10.7. The van der Waals surface area contributed by atoms with Gasteiger partial charge in [0.1, 0.15) is 0 Å². The van der Waals surface area contributed by atoms with Crippen LogP contribution < -0.4 is 0 Å². The molecule has 0 N–H and O–H groups in total. The molecule has 0 spiro atoms. The van der Waals surface area contributed by atoms with E-state index >= 15 is 0 Å². The van der Waals surface area contributed by atoms with Crippen LogP contribution in [-0.2, 0) is 28.7 Å². The largest absolute Gasteiger partial charge is 0.457 e. The minimum atomic E-state index is -1.25. The highest BCUT2D eigenvalue weighted by atomic mass is 16.6. The molecule has 3 fully saturated rings. The Hall–Kier alpha value is -1.98. The van der Waals surface area contributed by atoms with Gasteiger partial charge in [-0.2, -0.15) is 0 Å². The molecule has 0 aliphatic heterocycles. The average Bonchev–Trinajstić information content (AvgIpc) is 3.38. The monoisotopic (exact) mass is 683 g/mol. The molecule has 4 aliphatic rings. The molecule has 0 radical (unpaired) electrons. The fourth-order valence-electron chi connectivity index (χ4n) is 10.7. The average molecular weight is 683 g/mol. The van der Waals surface area contributed by atoms with Gasteiger partial charge in [0, 0.05) is 24.7 Å². The van der Waals surface area contributed by atoms with Gasteiger partial charge in [-0.05, 0) is 87.0 Å². The van der Waals surface area contributed by atoms with E-state index < -0.39 is 11.0 Å². The number of Topliss-reactive ketones (excluding diaryl/α,β-unsaturated/α-hetero) is 1. The Bertz CT molecular complexity index is 1140. The third-order valence-corrected chi connectivity index (χ3v) is 13.6. The summed E-state index contributed by atoms with van der Waals surface area (Å²) in [6, 6.07) is 0. The van der Waals surface area contributed by atoms with Gasteiger partial charge >= 0.3 is 11.9 Å². The molecule has 0 amide bonds. The van der Waals surface area contributed by atoms with Crippen molar-refractivity contribution in [2.45, 2.75) is 200 Å². The van der Waals surface area contributed by atoms with Crippen molar-refractivity contribution in [2.24, 2.45) is 28.6 Å². The zero-order chi connectivity index (χ0) is 35.3. The summed E-state index contributed by atoms with van der Waals surface area (Å²) in [5.74, 6) is 0.537. The zero-order valence-electron chi connectivity index (χ0n) is 31.9. The van der Waals surface area contributed by atoms with E-state index in [0.29, 0.717) is 37.5 Å². The molecule has 0 bridgehead atoms. The number of carbonyl (C=O) groups excluding carboxylic acids is 4. The minimum absolute atomic E-state index is 0.0350. The Morgan fingerprint density at radius 1 is 0.673 bits per heavy atom. The third kappa shape index (κ3) is 9.67. The van der Waals surface area contributed by atoms with Crippen LogP contribution in [-0.4, -0.2) is 35.7 Å². The van der Waals surface area contributed by atoms with Crippen LogP contribution in [0.4, 0.5) is 0 Å². The molecular formula is C43H70O6. The summed E-state index contributed by atoms with van der Waals surface area (Å²) in [4.78, 5) is 52.3. The number of allylic oxidation sites excluding steroid dienone is 1. The van der Waals surface area contributed by atoms with E-state index in [1.54, 1.807) is 0 Å². The normalized spacial score (nSPS) is 30.6. The molecule has 49 heavy (non-hydrogen) atoms. The van der Waals surface area contributed by atoms with Crippen molar-refractivity contribution in [1.82, 2.24) is 0 Å². The highest BCUT2D eigenvalue weighted by Crippen LogP contribution is 2.68. The van der Waals surface area contributed by atoms with Crippen molar-refractivity contribution >= 4 is 23.5 Å². The molecule has 6 nitrogen and oxygen atoms in total. The number of ketones is 2. The SMILES string of the molecule is CCCCCCCCCCCCCCCCCC(=O)O[C@]1(C(=O)COC(=O)CCC)CC[C@H]2[C@@H]3CCC4=CC(=O)CC[C@]4(C)[C@H]3CC[C@@]21C. The highest BCUT2D eigenvalue weighted by molar-refractivity contribution is 5.93. The molecular weight excluding hydrogens is 612 g/mol. The number of rotatable bonds is 22. The van der Waals surface area contributed by atoms with Gasteiger partial charge in [0.05, 0.1) is 0 Å². The van der Waals surface area contributed by atoms with Gasteiger partial charge in [0.15, 0.2) is 18.0 Å². The first kappa shape index (κ1) is 39.8. The number of unbranched alkanes of at least 4 members (excludes halogenated alkanes) is 14. The molecule has 4 rings (SSSR count). The first-order chi connectivity index (χ1) is 23.6. The Balaban J connectivity index is 1.28. The van der Waals surface area contributed by atoms with Crippen LogP contribution in [0, 0.1) is 28.6 Å². The molecule has 278 valence electrons. The summed E-state index contributed by atoms with van der Waals surface area (Å²) in [5.41, 5.74) is -0.379. The lowest BCUT2D eigenvalue weighted by Crippen LogP contribution is -2.60. The van der Waals surface area contributed by atoms with Crippen molar-refractivity contribution in [2.75, 3.05) is 6.61 Å². The molecule has 0 aromatic carbocycles. The van der Waals surface area contributed by atoms with Gasteiger partial charge in [-0.15, -0.1) is 0 Å². The first-order valence-electron chi connectivity index (χ1n) is 20.8. The lowest BCUT2D eigenvalue weighted by atomic mass is 9.46. The van der Waals surface area contributed by atoms with Gasteiger partial charge < -0.3 is 9.47 Å². The number of hydrogen-bond donors (Lipinski definition) is 0. The molecule has 0 heterocycles. The summed E-state index contributed by atoms with van der Waals surface area (Å²) < 4.78 is 11.9. The van der Waals surface area contributed by atoms with E-state index in [-0.39, 0.29) is 47.9 Å². The van der Waals surface area contributed by atoms with Crippen molar-refractivity contribution in [3.63, 3.8) is 0 Å². The standard InChI is InChI=1S/C43H70O6/c1-5-7-8-9-10-11-12-13-14-15-16-17-18-19-20-22-40(47)49-43(38(45)32-48-39(46)21-6-2)30-27-37-35-24-23-33-31-34(44)25-28-41(33,3)36(35)26-29-42(37,43)4/h31,35-37H,5-30,32H2,1-4H3/t35-,36+,37+,41+,42+,43+/m1/s1. The van der Waals surface area contributed by atoms with Gasteiger partial charge in [-0.25, -0.2) is 0 Å². The number of ether oxygens (including phenoxy) is 2. The maximum Gasteiger partial charge on any atom is 0.306 e. The Labute approximate surface area is 298 Å². The maximum absolute atomic E-state index is 14.2. The number of carbonyl (C=O) groups is 4. The molecule has 6 heteroatoms. The van der Waals surface area contributed by atoms with Crippen molar-refractivity contribution in [1.29, 1.82) is 0 Å². The third-order valence-electron chi connectivity index (χ3n) is 13.6. The van der Waals surface area contributed by atoms with E-state index in [1.807, 2.05) is 13.0 Å². The minimum Gasteiger partial charge on any atom is -0.457 e. The van der Waals surface area contributed by atoms with Gasteiger partial charge in [-0.3, -0.25) is 19.2 Å². The second-order valence-electron chi connectivity index (χ2n) is 16.8. The Morgan fingerprint density at radius 2 is 1.27 bits per heavy atom. The second-order valence-corrected chi connectivity index (χ2v) is 16.8. The van der Waals surface area contributed by atoms with Crippen LogP contribution >= 0.6 is 0 Å². The van der Waals surface area contributed by atoms with Gasteiger partial charge in [-0.1, -0.05) is 123 Å². The fraction of sp³-hybridized carbons (Fsp3) is 0.860. The molecule has 6 atom stereocenters. The van der Waals surface area contributed by atoms with E-state index in [9.17, 15) is 19.2 Å².